The summed E-state index contributed by atoms with van der Waals surface area (Å²) in [7, 11) is 5.14. The Bertz CT molecular complexity index is 1130. The van der Waals surface area contributed by atoms with Gasteiger partial charge < -0.3 is 19.4 Å². The Labute approximate surface area is 199 Å². The maximum atomic E-state index is 14.6. The Morgan fingerprint density at radius 2 is 1.68 bits per heavy atom. The van der Waals surface area contributed by atoms with Gasteiger partial charge in [-0.3, -0.25) is 0 Å². The van der Waals surface area contributed by atoms with E-state index in [-0.39, 0.29) is 18.5 Å². The first-order chi connectivity index (χ1) is 16.5. The second-order valence-corrected chi connectivity index (χ2v) is 8.51. The molecule has 2 heterocycles. The van der Waals surface area contributed by atoms with Crippen LogP contribution < -0.4 is 4.90 Å². The zero-order chi connectivity index (χ0) is 24.1. The molecule has 0 atom stereocenters. The predicted molar refractivity (Wildman–Crippen MR) is 130 cm³/mol. The summed E-state index contributed by atoms with van der Waals surface area (Å²) in [6, 6.07) is 16.6. The number of piperazine rings is 1. The average Bonchev–Trinajstić information content (AvgIpc) is 2.86. The number of anilines is 1. The maximum absolute atomic E-state index is 14.6. The minimum atomic E-state index is -0.259. The fourth-order valence-electron chi connectivity index (χ4n) is 4.16. The first-order valence-electron chi connectivity index (χ1n) is 11.4. The molecule has 0 aliphatic carbocycles. The van der Waals surface area contributed by atoms with E-state index >= 15 is 0 Å². The topological polar surface area (TPSA) is 61.8 Å². The highest BCUT2D eigenvalue weighted by molar-refractivity contribution is 5.74. The summed E-state index contributed by atoms with van der Waals surface area (Å²) in [4.78, 5) is 27.8. The van der Waals surface area contributed by atoms with Crippen molar-refractivity contribution in [2.24, 2.45) is 0 Å². The van der Waals surface area contributed by atoms with Crippen molar-refractivity contribution in [1.82, 2.24) is 19.8 Å². The molecular weight excluding hydrogens is 433 g/mol. The van der Waals surface area contributed by atoms with Crippen molar-refractivity contribution in [3.63, 3.8) is 0 Å². The zero-order valence-electron chi connectivity index (χ0n) is 19.9. The van der Waals surface area contributed by atoms with Crippen molar-refractivity contribution in [3.8, 4) is 11.4 Å². The van der Waals surface area contributed by atoms with E-state index in [1.54, 1.807) is 38.2 Å². The van der Waals surface area contributed by atoms with E-state index in [2.05, 4.69) is 4.90 Å². The van der Waals surface area contributed by atoms with E-state index in [1.807, 2.05) is 41.3 Å². The van der Waals surface area contributed by atoms with Gasteiger partial charge in [-0.15, -0.1) is 0 Å². The molecule has 1 aliphatic rings. The van der Waals surface area contributed by atoms with Crippen LogP contribution >= 0.6 is 0 Å². The quantitative estimate of drug-likeness (QED) is 0.556. The number of ether oxygens (including phenoxy) is 1. The Balaban J connectivity index is 1.76. The predicted octanol–water partition coefficient (Wildman–Crippen LogP) is 3.82. The largest absolute Gasteiger partial charge is 0.378 e. The van der Waals surface area contributed by atoms with Crippen molar-refractivity contribution in [2.75, 3.05) is 52.3 Å². The van der Waals surface area contributed by atoms with Crippen LogP contribution in [0.2, 0.25) is 0 Å². The van der Waals surface area contributed by atoms with Crippen LogP contribution in [0.5, 0.6) is 0 Å². The minimum Gasteiger partial charge on any atom is -0.378 e. The van der Waals surface area contributed by atoms with E-state index in [4.69, 9.17) is 14.7 Å². The summed E-state index contributed by atoms with van der Waals surface area (Å²) in [5, 5.41) is 0. The monoisotopic (exact) mass is 463 g/mol. The van der Waals surface area contributed by atoms with Crippen LogP contribution in [-0.2, 0) is 17.8 Å². The molecule has 34 heavy (non-hydrogen) atoms. The molecule has 0 bridgehead atoms. The number of urea groups is 1. The number of amides is 2. The molecule has 1 saturated heterocycles. The van der Waals surface area contributed by atoms with Gasteiger partial charge in [-0.05, 0) is 11.6 Å². The summed E-state index contributed by atoms with van der Waals surface area (Å²) < 4.78 is 20.1. The highest BCUT2D eigenvalue weighted by Crippen LogP contribution is 2.29. The zero-order valence-corrected chi connectivity index (χ0v) is 19.9. The van der Waals surface area contributed by atoms with Gasteiger partial charge in [-0.1, -0.05) is 48.5 Å². The fraction of sp³-hybridized carbons (Fsp3) is 0.346. The van der Waals surface area contributed by atoms with E-state index in [0.29, 0.717) is 44.0 Å². The number of carbonyl (C=O) groups excluding carboxylic acids is 1. The summed E-state index contributed by atoms with van der Waals surface area (Å²) in [6.45, 7) is 2.71. The molecule has 7 nitrogen and oxygen atoms in total. The molecule has 0 spiro atoms. The molecule has 0 unspecified atom stereocenters. The number of hydrogen-bond donors (Lipinski definition) is 0. The second-order valence-electron chi connectivity index (χ2n) is 8.51. The summed E-state index contributed by atoms with van der Waals surface area (Å²) >= 11 is 0. The van der Waals surface area contributed by atoms with Crippen LogP contribution in [0.4, 0.5) is 15.0 Å². The summed E-state index contributed by atoms with van der Waals surface area (Å²) in [6.07, 6.45) is 0.354. The SMILES string of the molecule is COCc1nc(-c2ccccc2)nc(N2CCN(C(=O)N(C)C)CC2)c1Cc1ccccc1F. The molecule has 0 saturated carbocycles. The standard InChI is InChI=1S/C26H30FN5O2/c1-30(2)26(33)32-15-13-31(14-16-32)25-21(17-20-11-7-8-12-22(20)27)23(18-34-3)28-24(29-25)19-9-5-4-6-10-19/h4-12H,13-18H2,1-3H3. The Hall–Kier alpha value is -3.52. The van der Waals surface area contributed by atoms with Gasteiger partial charge >= 0.3 is 6.03 Å². The lowest BCUT2D eigenvalue weighted by molar-refractivity contribution is 0.167. The fourth-order valence-corrected chi connectivity index (χ4v) is 4.16. The van der Waals surface area contributed by atoms with Gasteiger partial charge in [0.1, 0.15) is 11.6 Å². The smallest absolute Gasteiger partial charge is 0.319 e. The molecule has 1 aliphatic heterocycles. The number of rotatable bonds is 6. The highest BCUT2D eigenvalue weighted by Gasteiger charge is 2.27. The van der Waals surface area contributed by atoms with Gasteiger partial charge in [0.15, 0.2) is 5.82 Å². The lowest BCUT2D eigenvalue weighted by atomic mass is 10.0. The third kappa shape index (κ3) is 5.17. The minimum absolute atomic E-state index is 0.000959. The molecule has 0 N–H and O–H groups in total. The number of hydrogen-bond acceptors (Lipinski definition) is 5. The van der Waals surface area contributed by atoms with Crippen LogP contribution in [0.1, 0.15) is 16.8 Å². The lowest BCUT2D eigenvalue weighted by Gasteiger charge is -2.37. The molecule has 0 radical (unpaired) electrons. The molecule has 1 aromatic heterocycles. The van der Waals surface area contributed by atoms with Crippen molar-refractivity contribution >= 4 is 11.8 Å². The van der Waals surface area contributed by atoms with Crippen LogP contribution in [0, 0.1) is 5.82 Å². The van der Waals surface area contributed by atoms with Crippen LogP contribution in [0.15, 0.2) is 54.6 Å². The van der Waals surface area contributed by atoms with Crippen molar-refractivity contribution < 1.29 is 13.9 Å². The molecule has 178 valence electrons. The molecule has 4 rings (SSSR count). The van der Waals surface area contributed by atoms with E-state index in [1.165, 1.54) is 6.07 Å². The normalized spacial score (nSPS) is 13.8. The molecule has 8 heteroatoms. The number of carbonyl (C=O) groups is 1. The van der Waals surface area contributed by atoms with Gasteiger partial charge in [0.2, 0.25) is 0 Å². The van der Waals surface area contributed by atoms with Gasteiger partial charge in [-0.25, -0.2) is 19.2 Å². The van der Waals surface area contributed by atoms with Crippen molar-refractivity contribution in [3.05, 3.63) is 77.2 Å². The average molecular weight is 464 g/mol. The maximum Gasteiger partial charge on any atom is 0.319 e. The van der Waals surface area contributed by atoms with Gasteiger partial charge in [0.05, 0.1) is 12.3 Å². The number of methoxy groups -OCH3 is 1. The second kappa shape index (κ2) is 10.6. The number of benzene rings is 2. The van der Waals surface area contributed by atoms with E-state index in [9.17, 15) is 9.18 Å². The molecule has 2 aromatic carbocycles. The van der Waals surface area contributed by atoms with Gasteiger partial charge in [-0.2, -0.15) is 0 Å². The van der Waals surface area contributed by atoms with Crippen LogP contribution in [-0.4, -0.2) is 73.2 Å². The lowest BCUT2D eigenvalue weighted by Crippen LogP contribution is -2.52. The van der Waals surface area contributed by atoms with Gasteiger partial charge in [0, 0.05) is 64.9 Å². The molecular formula is C26H30FN5O2. The first kappa shape index (κ1) is 23.6. The number of nitrogens with zero attached hydrogens (tertiary/aromatic N) is 5. The third-order valence-electron chi connectivity index (χ3n) is 5.94. The van der Waals surface area contributed by atoms with E-state index < -0.39 is 0 Å². The summed E-state index contributed by atoms with van der Waals surface area (Å²) in [5.74, 6) is 1.11. The highest BCUT2D eigenvalue weighted by atomic mass is 19.1. The molecule has 3 aromatic rings. The Kier molecular flexibility index (Phi) is 7.37. The summed E-state index contributed by atoms with van der Waals surface area (Å²) in [5.41, 5.74) is 3.07. The number of aromatic nitrogens is 2. The van der Waals surface area contributed by atoms with Crippen molar-refractivity contribution in [1.29, 1.82) is 0 Å². The Morgan fingerprint density at radius 3 is 2.32 bits per heavy atom. The van der Waals surface area contributed by atoms with Crippen LogP contribution in [0.3, 0.4) is 0 Å². The Morgan fingerprint density at radius 1 is 1.00 bits per heavy atom. The van der Waals surface area contributed by atoms with Crippen molar-refractivity contribution in [2.45, 2.75) is 13.0 Å². The van der Waals surface area contributed by atoms with Crippen LogP contribution in [0.25, 0.3) is 11.4 Å². The number of halogens is 1. The first-order valence-corrected chi connectivity index (χ1v) is 11.4. The third-order valence-corrected chi connectivity index (χ3v) is 5.94. The molecule has 1 fully saturated rings. The van der Waals surface area contributed by atoms with E-state index in [0.717, 1.165) is 22.6 Å². The molecule has 2 amide bonds. The van der Waals surface area contributed by atoms with Gasteiger partial charge in [0.25, 0.3) is 0 Å².